The summed E-state index contributed by atoms with van der Waals surface area (Å²) in [7, 11) is 0. The van der Waals surface area contributed by atoms with E-state index < -0.39 is 0 Å². The Labute approximate surface area is 204 Å². The van der Waals surface area contributed by atoms with Crippen LogP contribution in [0.15, 0.2) is 70.8 Å². The van der Waals surface area contributed by atoms with E-state index in [0.29, 0.717) is 24.0 Å². The normalized spacial score (nSPS) is 19.3. The summed E-state index contributed by atoms with van der Waals surface area (Å²) >= 11 is 0. The van der Waals surface area contributed by atoms with E-state index >= 15 is 0 Å². The minimum Gasteiger partial charge on any atom is -0.494 e. The van der Waals surface area contributed by atoms with Crippen molar-refractivity contribution in [3.8, 4) is 5.75 Å². The lowest BCUT2D eigenvalue weighted by Gasteiger charge is -2.43. The molecular weight excluding hydrogens is 442 g/mol. The van der Waals surface area contributed by atoms with Crippen LogP contribution >= 0.6 is 0 Å². The second kappa shape index (κ2) is 10.2. The highest BCUT2D eigenvalue weighted by molar-refractivity contribution is 5.94. The summed E-state index contributed by atoms with van der Waals surface area (Å²) in [5.74, 6) is 1.37. The molecule has 8 nitrogen and oxygen atoms in total. The first kappa shape index (κ1) is 23.0. The topological polar surface area (TPSA) is 88.8 Å². The van der Waals surface area contributed by atoms with Gasteiger partial charge in [-0.1, -0.05) is 6.07 Å². The number of hydrogen-bond donors (Lipinski definition) is 1. The molecule has 3 aromatic rings. The molecule has 0 spiro atoms. The number of amides is 1. The van der Waals surface area contributed by atoms with Crippen molar-refractivity contribution in [1.82, 2.24) is 19.9 Å². The molecule has 0 aliphatic carbocycles. The second-order valence-corrected chi connectivity index (χ2v) is 9.13. The van der Waals surface area contributed by atoms with E-state index in [2.05, 4.69) is 32.5 Å². The maximum Gasteiger partial charge on any atom is 0.272 e. The smallest absolute Gasteiger partial charge is 0.272 e. The van der Waals surface area contributed by atoms with Gasteiger partial charge in [0.25, 0.3) is 11.5 Å². The molecule has 2 aliphatic heterocycles. The number of nitrogens with zero attached hydrogens (tertiary/aromatic N) is 4. The third-order valence-electron chi connectivity index (χ3n) is 6.64. The predicted molar refractivity (Wildman–Crippen MR) is 134 cm³/mol. The predicted octanol–water partition coefficient (Wildman–Crippen LogP) is 3.03. The van der Waals surface area contributed by atoms with Crippen LogP contribution in [-0.4, -0.2) is 46.3 Å². The Kier molecular flexibility index (Phi) is 6.72. The van der Waals surface area contributed by atoms with Gasteiger partial charge in [0.2, 0.25) is 0 Å². The zero-order valence-electron chi connectivity index (χ0n) is 19.8. The average molecular weight is 472 g/mol. The van der Waals surface area contributed by atoms with E-state index in [9.17, 15) is 9.59 Å². The number of piperidine rings is 1. The van der Waals surface area contributed by atoms with Crippen molar-refractivity contribution in [3.63, 3.8) is 0 Å². The molecule has 2 unspecified atom stereocenters. The molecule has 2 atom stereocenters. The second-order valence-electron chi connectivity index (χ2n) is 9.13. The third kappa shape index (κ3) is 5.17. The number of rotatable bonds is 7. The molecule has 5 rings (SSSR count). The standard InChI is InChI=1S/C27H29N5O3/c1-2-35-25-9-8-19(13-29-30-27(34)21-5-4-10-28-14-21)11-23(25)18-31-15-20-12-22(17-31)24-6-3-7-26(33)32(24)16-20/h3-11,13-14,20,22H,2,12,15-18H2,1H3,(H,30,34). The molecule has 2 aliphatic rings. The van der Waals surface area contributed by atoms with Gasteiger partial charge in [-0.05, 0) is 61.2 Å². The van der Waals surface area contributed by atoms with Gasteiger partial charge < -0.3 is 9.30 Å². The quantitative estimate of drug-likeness (QED) is 0.423. The Hall–Kier alpha value is -3.78. The van der Waals surface area contributed by atoms with Crippen molar-refractivity contribution in [1.29, 1.82) is 0 Å². The summed E-state index contributed by atoms with van der Waals surface area (Å²) in [6.45, 7) is 5.95. The Morgan fingerprint density at radius 3 is 2.94 bits per heavy atom. The molecule has 1 amide bonds. The van der Waals surface area contributed by atoms with Crippen molar-refractivity contribution < 1.29 is 9.53 Å². The van der Waals surface area contributed by atoms with Crippen LogP contribution in [0.3, 0.4) is 0 Å². The first-order chi connectivity index (χ1) is 17.1. The van der Waals surface area contributed by atoms with Crippen LogP contribution in [0.1, 0.15) is 46.4 Å². The zero-order valence-corrected chi connectivity index (χ0v) is 19.8. The highest BCUT2D eigenvalue weighted by Gasteiger charge is 2.34. The largest absolute Gasteiger partial charge is 0.494 e. The molecule has 2 bridgehead atoms. The van der Waals surface area contributed by atoms with Crippen molar-refractivity contribution in [3.05, 3.63) is 93.7 Å². The summed E-state index contributed by atoms with van der Waals surface area (Å²) in [5, 5.41) is 4.12. The number of nitrogens with one attached hydrogen (secondary N) is 1. The van der Waals surface area contributed by atoms with E-state index in [1.165, 1.54) is 6.20 Å². The van der Waals surface area contributed by atoms with Gasteiger partial charge in [-0.25, -0.2) is 5.43 Å². The molecule has 35 heavy (non-hydrogen) atoms. The molecule has 4 heterocycles. The number of benzene rings is 1. The number of pyridine rings is 2. The maximum absolute atomic E-state index is 12.3. The van der Waals surface area contributed by atoms with Crippen molar-refractivity contribution >= 4 is 12.1 Å². The van der Waals surface area contributed by atoms with Crippen LogP contribution in [0.4, 0.5) is 0 Å². The van der Waals surface area contributed by atoms with Gasteiger partial charge >= 0.3 is 0 Å². The maximum atomic E-state index is 12.3. The highest BCUT2D eigenvalue weighted by atomic mass is 16.5. The van der Waals surface area contributed by atoms with E-state index in [-0.39, 0.29) is 11.5 Å². The Morgan fingerprint density at radius 1 is 1.20 bits per heavy atom. The van der Waals surface area contributed by atoms with Gasteiger partial charge in [-0.2, -0.15) is 5.10 Å². The van der Waals surface area contributed by atoms with Crippen molar-refractivity contribution in [2.75, 3.05) is 19.7 Å². The number of fused-ring (bicyclic) bond motifs is 4. The monoisotopic (exact) mass is 471 g/mol. The molecule has 0 saturated carbocycles. The fourth-order valence-electron chi connectivity index (χ4n) is 5.19. The lowest BCUT2D eigenvalue weighted by atomic mass is 9.83. The van der Waals surface area contributed by atoms with Crippen LogP contribution in [0, 0.1) is 5.92 Å². The summed E-state index contributed by atoms with van der Waals surface area (Å²) < 4.78 is 7.86. The minimum atomic E-state index is -0.306. The number of ether oxygens (including phenoxy) is 1. The first-order valence-electron chi connectivity index (χ1n) is 12.0. The van der Waals surface area contributed by atoms with Crippen LogP contribution in [0.2, 0.25) is 0 Å². The zero-order chi connectivity index (χ0) is 24.2. The summed E-state index contributed by atoms with van der Waals surface area (Å²) in [4.78, 5) is 30.9. The van der Waals surface area contributed by atoms with Gasteiger partial charge in [-0.15, -0.1) is 0 Å². The van der Waals surface area contributed by atoms with E-state index in [1.807, 2.05) is 29.7 Å². The summed E-state index contributed by atoms with van der Waals surface area (Å²) in [6, 6.07) is 15.0. The molecule has 0 radical (unpaired) electrons. The van der Waals surface area contributed by atoms with Crippen molar-refractivity contribution in [2.24, 2.45) is 11.0 Å². The molecule has 2 aromatic heterocycles. The minimum absolute atomic E-state index is 0.104. The van der Waals surface area contributed by atoms with Crippen LogP contribution in [0.25, 0.3) is 0 Å². The lowest BCUT2D eigenvalue weighted by molar-refractivity contribution is 0.0954. The highest BCUT2D eigenvalue weighted by Crippen LogP contribution is 2.36. The molecule has 1 N–H and O–H groups in total. The fourth-order valence-corrected chi connectivity index (χ4v) is 5.19. The van der Waals surface area contributed by atoms with Crippen LogP contribution in [-0.2, 0) is 13.1 Å². The first-order valence-corrected chi connectivity index (χ1v) is 12.0. The summed E-state index contributed by atoms with van der Waals surface area (Å²) in [5.41, 5.74) is 6.22. The van der Waals surface area contributed by atoms with Gasteiger partial charge in [0, 0.05) is 61.8 Å². The number of likely N-dealkylation sites (tertiary alicyclic amines) is 1. The average Bonchev–Trinajstić information content (AvgIpc) is 2.87. The molecule has 180 valence electrons. The van der Waals surface area contributed by atoms with Crippen LogP contribution < -0.4 is 15.7 Å². The van der Waals surface area contributed by atoms with E-state index in [1.54, 1.807) is 30.6 Å². The number of hydrogen-bond acceptors (Lipinski definition) is 6. The Bertz CT molecular complexity index is 1290. The third-order valence-corrected chi connectivity index (χ3v) is 6.64. The molecular formula is C27H29N5O3. The van der Waals surface area contributed by atoms with E-state index in [0.717, 1.165) is 55.2 Å². The number of carbonyl (C=O) groups is 1. The molecule has 8 heteroatoms. The van der Waals surface area contributed by atoms with Gasteiger partial charge in [0.1, 0.15) is 5.75 Å². The Balaban J connectivity index is 1.30. The van der Waals surface area contributed by atoms with Crippen LogP contribution in [0.5, 0.6) is 5.75 Å². The number of carbonyl (C=O) groups excluding carboxylic acids is 1. The summed E-state index contributed by atoms with van der Waals surface area (Å²) in [6.07, 6.45) is 5.89. The SMILES string of the molecule is CCOc1ccc(C=NNC(=O)c2cccnc2)cc1CN1CC2CC(C1)c1cccc(=O)n1C2. The Morgan fingerprint density at radius 2 is 2.11 bits per heavy atom. The molecule has 1 fully saturated rings. The van der Waals surface area contributed by atoms with Gasteiger partial charge in [0.15, 0.2) is 0 Å². The number of hydrazone groups is 1. The fraction of sp³-hybridized carbons (Fsp3) is 0.333. The van der Waals surface area contributed by atoms with E-state index in [4.69, 9.17) is 4.74 Å². The number of aromatic nitrogens is 2. The van der Waals surface area contributed by atoms with Crippen molar-refractivity contribution in [2.45, 2.75) is 32.4 Å². The lowest BCUT2D eigenvalue weighted by Crippen LogP contribution is -2.46. The molecule has 1 saturated heterocycles. The van der Waals surface area contributed by atoms with Gasteiger partial charge in [-0.3, -0.25) is 19.5 Å². The molecule has 1 aromatic carbocycles. The van der Waals surface area contributed by atoms with Gasteiger partial charge in [0.05, 0.1) is 18.4 Å².